The van der Waals surface area contributed by atoms with E-state index >= 15 is 0 Å². The monoisotopic (exact) mass is 344 g/mol. The van der Waals surface area contributed by atoms with E-state index in [0.29, 0.717) is 6.42 Å². The molecular weight excluding hydrogens is 324 g/mol. The number of rotatable bonds is 3. The van der Waals surface area contributed by atoms with E-state index in [1.165, 1.54) is 0 Å². The fourth-order valence-electron chi connectivity index (χ4n) is 3.18. The SMILES string of the molecule is Cc1cc(N2CCN(C(=O)CC3=CSC4=NCCN34)CC2)ncn1. The molecule has 1 saturated heterocycles. The molecule has 1 aromatic heterocycles. The molecule has 4 heterocycles. The normalized spacial score (nSPS) is 20.1. The zero-order chi connectivity index (χ0) is 16.5. The second-order valence-electron chi connectivity index (χ2n) is 6.11. The first-order valence-corrected chi connectivity index (χ1v) is 9.08. The third kappa shape index (κ3) is 2.98. The van der Waals surface area contributed by atoms with Gasteiger partial charge in [0.25, 0.3) is 0 Å². The maximum absolute atomic E-state index is 12.6. The quantitative estimate of drug-likeness (QED) is 0.818. The number of hydrogen-bond acceptors (Lipinski definition) is 7. The number of fused-ring (bicyclic) bond motifs is 1. The zero-order valence-electron chi connectivity index (χ0n) is 13.7. The van der Waals surface area contributed by atoms with Crippen molar-refractivity contribution in [2.75, 3.05) is 44.2 Å². The van der Waals surface area contributed by atoms with Crippen LogP contribution in [0, 0.1) is 6.92 Å². The van der Waals surface area contributed by atoms with Crippen LogP contribution < -0.4 is 4.90 Å². The van der Waals surface area contributed by atoms with Crippen LogP contribution in [0.5, 0.6) is 0 Å². The Hall–Kier alpha value is -2.09. The van der Waals surface area contributed by atoms with Crippen LogP contribution in [-0.4, -0.2) is 70.1 Å². The number of aliphatic imine (C=N–C) groups is 1. The van der Waals surface area contributed by atoms with Crippen molar-refractivity contribution in [3.63, 3.8) is 0 Å². The fourth-order valence-corrected chi connectivity index (χ4v) is 4.13. The molecule has 0 spiro atoms. The van der Waals surface area contributed by atoms with E-state index in [-0.39, 0.29) is 5.91 Å². The lowest BCUT2D eigenvalue weighted by Crippen LogP contribution is -2.49. The molecule has 0 saturated carbocycles. The lowest BCUT2D eigenvalue weighted by molar-refractivity contribution is -0.130. The smallest absolute Gasteiger partial charge is 0.228 e. The van der Waals surface area contributed by atoms with Crippen molar-refractivity contribution in [1.29, 1.82) is 0 Å². The molecule has 0 radical (unpaired) electrons. The number of piperazine rings is 1. The van der Waals surface area contributed by atoms with Crippen LogP contribution in [0.2, 0.25) is 0 Å². The molecule has 24 heavy (non-hydrogen) atoms. The summed E-state index contributed by atoms with van der Waals surface area (Å²) in [5.41, 5.74) is 2.06. The molecule has 0 unspecified atom stereocenters. The summed E-state index contributed by atoms with van der Waals surface area (Å²) in [7, 11) is 0. The van der Waals surface area contributed by atoms with Crippen LogP contribution in [0.25, 0.3) is 0 Å². The van der Waals surface area contributed by atoms with E-state index in [2.05, 4.69) is 30.2 Å². The molecule has 0 aliphatic carbocycles. The summed E-state index contributed by atoms with van der Waals surface area (Å²) >= 11 is 1.63. The van der Waals surface area contributed by atoms with Crippen LogP contribution in [0.3, 0.4) is 0 Å². The summed E-state index contributed by atoms with van der Waals surface area (Å²) in [6.45, 7) is 6.81. The Kier molecular flexibility index (Phi) is 4.13. The summed E-state index contributed by atoms with van der Waals surface area (Å²) in [4.78, 5) is 31.8. The van der Waals surface area contributed by atoms with Gasteiger partial charge in [-0.1, -0.05) is 11.8 Å². The maximum atomic E-state index is 12.6. The van der Waals surface area contributed by atoms with Crippen molar-refractivity contribution in [2.45, 2.75) is 13.3 Å². The molecule has 1 amide bonds. The Morgan fingerprint density at radius 1 is 1.21 bits per heavy atom. The highest BCUT2D eigenvalue weighted by Gasteiger charge is 2.29. The first kappa shape index (κ1) is 15.4. The van der Waals surface area contributed by atoms with Crippen molar-refractivity contribution in [3.8, 4) is 0 Å². The predicted molar refractivity (Wildman–Crippen MR) is 94.9 cm³/mol. The Bertz CT molecular complexity index is 710. The number of thioether (sulfide) groups is 1. The van der Waals surface area contributed by atoms with E-state index in [9.17, 15) is 4.79 Å². The Labute approximate surface area is 145 Å². The van der Waals surface area contributed by atoms with Crippen molar-refractivity contribution >= 4 is 28.7 Å². The van der Waals surface area contributed by atoms with Gasteiger partial charge in [0.15, 0.2) is 5.17 Å². The third-order valence-corrected chi connectivity index (χ3v) is 5.48. The van der Waals surface area contributed by atoms with Crippen molar-refractivity contribution in [3.05, 3.63) is 29.2 Å². The number of nitrogens with zero attached hydrogens (tertiary/aromatic N) is 6. The second kappa shape index (κ2) is 6.43. The van der Waals surface area contributed by atoms with Crippen LogP contribution >= 0.6 is 11.8 Å². The number of aromatic nitrogens is 2. The van der Waals surface area contributed by atoms with Crippen molar-refractivity contribution in [2.24, 2.45) is 4.99 Å². The van der Waals surface area contributed by atoms with E-state index in [1.54, 1.807) is 18.1 Å². The number of amidine groups is 1. The van der Waals surface area contributed by atoms with Gasteiger partial charge in [-0.15, -0.1) is 0 Å². The predicted octanol–water partition coefficient (Wildman–Crippen LogP) is 1.08. The molecule has 0 bridgehead atoms. The number of carbonyl (C=O) groups excluding carboxylic acids is 1. The zero-order valence-corrected chi connectivity index (χ0v) is 14.5. The Morgan fingerprint density at radius 2 is 2.04 bits per heavy atom. The minimum absolute atomic E-state index is 0.202. The lowest BCUT2D eigenvalue weighted by atomic mass is 10.2. The molecule has 8 heteroatoms. The van der Waals surface area contributed by atoms with Gasteiger partial charge in [-0.3, -0.25) is 9.79 Å². The molecule has 4 rings (SSSR count). The third-order valence-electron chi connectivity index (χ3n) is 4.53. The summed E-state index contributed by atoms with van der Waals surface area (Å²) in [5.74, 6) is 1.15. The molecule has 7 nitrogen and oxygen atoms in total. The fraction of sp³-hybridized carbons (Fsp3) is 0.500. The van der Waals surface area contributed by atoms with Crippen molar-refractivity contribution < 1.29 is 4.79 Å². The second-order valence-corrected chi connectivity index (χ2v) is 6.94. The van der Waals surface area contributed by atoms with Gasteiger partial charge >= 0.3 is 0 Å². The van der Waals surface area contributed by atoms with Crippen LogP contribution in [-0.2, 0) is 4.79 Å². The van der Waals surface area contributed by atoms with Gasteiger partial charge in [0.05, 0.1) is 13.0 Å². The Balaban J connectivity index is 1.33. The minimum atomic E-state index is 0.202. The number of amides is 1. The van der Waals surface area contributed by atoms with Gasteiger partial charge in [-0.05, 0) is 12.3 Å². The van der Waals surface area contributed by atoms with Gasteiger partial charge < -0.3 is 14.7 Å². The average Bonchev–Trinajstić information content (AvgIpc) is 3.20. The first-order chi connectivity index (χ1) is 11.7. The van der Waals surface area contributed by atoms with Gasteiger partial charge in [-0.25, -0.2) is 9.97 Å². The highest BCUT2D eigenvalue weighted by molar-refractivity contribution is 8.16. The van der Waals surface area contributed by atoms with E-state index in [1.807, 2.05) is 17.9 Å². The van der Waals surface area contributed by atoms with Crippen LogP contribution in [0.15, 0.2) is 28.5 Å². The van der Waals surface area contributed by atoms with Crippen molar-refractivity contribution in [1.82, 2.24) is 19.8 Å². The van der Waals surface area contributed by atoms with Gasteiger partial charge in [0, 0.05) is 50.2 Å². The average molecular weight is 344 g/mol. The van der Waals surface area contributed by atoms with Crippen LogP contribution in [0.4, 0.5) is 5.82 Å². The summed E-state index contributed by atoms with van der Waals surface area (Å²) < 4.78 is 0. The first-order valence-electron chi connectivity index (χ1n) is 8.20. The number of hydrogen-bond donors (Lipinski definition) is 0. The van der Waals surface area contributed by atoms with Crippen LogP contribution in [0.1, 0.15) is 12.1 Å². The van der Waals surface area contributed by atoms with Gasteiger partial charge in [-0.2, -0.15) is 0 Å². The van der Waals surface area contributed by atoms with Gasteiger partial charge in [0.1, 0.15) is 12.1 Å². The topological polar surface area (TPSA) is 64.9 Å². The molecule has 3 aliphatic rings. The minimum Gasteiger partial charge on any atom is -0.353 e. The molecule has 1 aromatic rings. The van der Waals surface area contributed by atoms with Gasteiger partial charge in [0.2, 0.25) is 5.91 Å². The van der Waals surface area contributed by atoms with E-state index in [4.69, 9.17) is 0 Å². The highest BCUT2D eigenvalue weighted by atomic mass is 32.2. The molecule has 1 fully saturated rings. The molecule has 3 aliphatic heterocycles. The molecule has 0 aromatic carbocycles. The highest BCUT2D eigenvalue weighted by Crippen LogP contribution is 2.31. The maximum Gasteiger partial charge on any atom is 0.228 e. The summed E-state index contributed by atoms with van der Waals surface area (Å²) in [6, 6.07) is 1.99. The largest absolute Gasteiger partial charge is 0.353 e. The molecule has 126 valence electrons. The van der Waals surface area contributed by atoms with E-state index in [0.717, 1.165) is 61.6 Å². The summed E-state index contributed by atoms with van der Waals surface area (Å²) in [5, 5.41) is 3.11. The lowest BCUT2D eigenvalue weighted by Gasteiger charge is -2.35. The number of anilines is 1. The number of carbonyl (C=O) groups is 1. The summed E-state index contributed by atoms with van der Waals surface area (Å²) in [6.07, 6.45) is 2.07. The number of aryl methyl sites for hydroxylation is 1. The van der Waals surface area contributed by atoms with E-state index < -0.39 is 0 Å². The molecule has 0 N–H and O–H groups in total. The molecular formula is C16H20N6OS. The molecule has 0 atom stereocenters. The standard InChI is InChI=1S/C16H20N6OS/c1-12-8-14(19-11-18-12)20-4-6-21(7-5-20)15(23)9-13-10-24-16-17-2-3-22(13)16/h8,10-11H,2-7,9H2,1H3. The Morgan fingerprint density at radius 3 is 2.83 bits per heavy atom.